The topological polar surface area (TPSA) is 68.0 Å². The van der Waals surface area contributed by atoms with Gasteiger partial charge in [-0.25, -0.2) is 0 Å². The van der Waals surface area contributed by atoms with Gasteiger partial charge in [0, 0.05) is 13.1 Å². The lowest BCUT2D eigenvalue weighted by molar-refractivity contribution is -0.0777. The maximum Gasteiger partial charge on any atom is 0.170 e. The zero-order valence-corrected chi connectivity index (χ0v) is 8.97. The van der Waals surface area contributed by atoms with Crippen molar-refractivity contribution in [2.24, 2.45) is 11.7 Å². The van der Waals surface area contributed by atoms with Gasteiger partial charge < -0.3 is 20.3 Å². The number of rotatable bonds is 3. The molecule has 0 spiro atoms. The van der Waals surface area contributed by atoms with E-state index >= 15 is 0 Å². The third-order valence-corrected chi connectivity index (χ3v) is 3.21. The molecule has 0 aromatic carbocycles. The first kappa shape index (κ1) is 11.3. The van der Waals surface area contributed by atoms with Crippen LogP contribution in [0.2, 0.25) is 0 Å². The van der Waals surface area contributed by atoms with E-state index in [2.05, 4.69) is 4.90 Å². The first-order valence-electron chi connectivity index (χ1n) is 5.63. The van der Waals surface area contributed by atoms with Gasteiger partial charge in [0.2, 0.25) is 0 Å². The van der Waals surface area contributed by atoms with Crippen LogP contribution in [0.1, 0.15) is 6.42 Å². The fourth-order valence-corrected chi connectivity index (χ4v) is 2.21. The lowest BCUT2D eigenvalue weighted by Gasteiger charge is -2.36. The molecule has 2 saturated heterocycles. The molecule has 0 aromatic rings. The van der Waals surface area contributed by atoms with Gasteiger partial charge in [0.1, 0.15) is 0 Å². The fraction of sp³-hybridized carbons (Fsp3) is 1.00. The van der Waals surface area contributed by atoms with Gasteiger partial charge in [-0.1, -0.05) is 0 Å². The zero-order chi connectivity index (χ0) is 10.7. The van der Waals surface area contributed by atoms with Crippen molar-refractivity contribution in [3.63, 3.8) is 0 Å². The molecule has 2 heterocycles. The van der Waals surface area contributed by atoms with E-state index in [1.54, 1.807) is 0 Å². The molecule has 2 aliphatic rings. The highest BCUT2D eigenvalue weighted by Gasteiger charge is 2.29. The average Bonchev–Trinajstić information content (AvgIpc) is 2.71. The minimum atomic E-state index is -0.301. The van der Waals surface area contributed by atoms with E-state index in [4.69, 9.17) is 15.2 Å². The maximum atomic E-state index is 9.81. The molecule has 88 valence electrons. The van der Waals surface area contributed by atoms with Gasteiger partial charge >= 0.3 is 0 Å². The summed E-state index contributed by atoms with van der Waals surface area (Å²) in [7, 11) is 0. The largest absolute Gasteiger partial charge is 0.391 e. The summed E-state index contributed by atoms with van der Waals surface area (Å²) in [4.78, 5) is 2.19. The van der Waals surface area contributed by atoms with Crippen molar-refractivity contribution in [2.45, 2.75) is 18.8 Å². The number of nitrogens with zero attached hydrogens (tertiary/aromatic N) is 1. The molecule has 0 bridgehead atoms. The SMILES string of the molecule is NC[C@@H]1CCN(CC2OCCO2)C[C@H]1O. The Hall–Kier alpha value is -0.200. The van der Waals surface area contributed by atoms with Crippen LogP contribution in [-0.4, -0.2) is 61.8 Å². The van der Waals surface area contributed by atoms with Gasteiger partial charge in [-0.15, -0.1) is 0 Å². The van der Waals surface area contributed by atoms with Crippen LogP contribution in [0.4, 0.5) is 0 Å². The van der Waals surface area contributed by atoms with Crippen LogP contribution in [0.25, 0.3) is 0 Å². The normalized spacial score (nSPS) is 34.8. The van der Waals surface area contributed by atoms with Gasteiger partial charge in [-0.3, -0.25) is 4.90 Å². The Morgan fingerprint density at radius 3 is 2.67 bits per heavy atom. The Morgan fingerprint density at radius 1 is 1.33 bits per heavy atom. The van der Waals surface area contributed by atoms with Gasteiger partial charge in [0.05, 0.1) is 19.3 Å². The molecule has 3 N–H and O–H groups in total. The summed E-state index contributed by atoms with van der Waals surface area (Å²) < 4.78 is 10.7. The zero-order valence-electron chi connectivity index (χ0n) is 8.97. The molecule has 2 aliphatic heterocycles. The molecule has 5 nitrogen and oxygen atoms in total. The number of nitrogens with two attached hydrogens (primary N) is 1. The highest BCUT2D eigenvalue weighted by atomic mass is 16.7. The predicted octanol–water partition coefficient (Wildman–Crippen LogP) is -0.999. The first-order valence-corrected chi connectivity index (χ1v) is 5.63. The molecule has 2 fully saturated rings. The number of likely N-dealkylation sites (tertiary alicyclic amines) is 1. The third-order valence-electron chi connectivity index (χ3n) is 3.21. The highest BCUT2D eigenvalue weighted by molar-refractivity contribution is 4.81. The Kier molecular flexibility index (Phi) is 3.93. The standard InChI is InChI=1S/C10H20N2O3/c11-5-8-1-2-12(6-9(8)13)7-10-14-3-4-15-10/h8-10,13H,1-7,11H2/t8-,9+/m0/s1. The molecule has 0 aromatic heterocycles. The van der Waals surface area contributed by atoms with Crippen molar-refractivity contribution in [3.05, 3.63) is 0 Å². The van der Waals surface area contributed by atoms with Crippen molar-refractivity contribution in [1.29, 1.82) is 0 Å². The number of β-amino-alcohol motifs (C(OH)–C–C–N with tert-alkyl or cyclic N) is 1. The van der Waals surface area contributed by atoms with Crippen LogP contribution in [0.5, 0.6) is 0 Å². The number of aliphatic hydroxyl groups excluding tert-OH is 1. The fourth-order valence-electron chi connectivity index (χ4n) is 2.21. The molecule has 5 heteroatoms. The summed E-state index contributed by atoms with van der Waals surface area (Å²) in [6.07, 6.45) is 0.557. The van der Waals surface area contributed by atoms with Crippen molar-refractivity contribution in [2.75, 3.05) is 39.4 Å². The Morgan fingerprint density at radius 2 is 2.07 bits per heavy atom. The number of aliphatic hydroxyl groups is 1. The van der Waals surface area contributed by atoms with E-state index in [9.17, 15) is 5.11 Å². The van der Waals surface area contributed by atoms with E-state index in [0.717, 1.165) is 19.5 Å². The van der Waals surface area contributed by atoms with E-state index < -0.39 is 0 Å². The highest BCUT2D eigenvalue weighted by Crippen LogP contribution is 2.18. The molecule has 0 radical (unpaired) electrons. The summed E-state index contributed by atoms with van der Waals surface area (Å²) in [5, 5.41) is 9.81. The van der Waals surface area contributed by atoms with Crippen LogP contribution in [-0.2, 0) is 9.47 Å². The summed E-state index contributed by atoms with van der Waals surface area (Å²) in [5.41, 5.74) is 5.57. The minimum absolute atomic E-state index is 0.105. The molecular weight excluding hydrogens is 196 g/mol. The number of hydrogen-bond acceptors (Lipinski definition) is 5. The Balaban J connectivity index is 1.75. The molecule has 2 atom stereocenters. The molecule has 0 unspecified atom stereocenters. The van der Waals surface area contributed by atoms with E-state index in [1.807, 2.05) is 0 Å². The third kappa shape index (κ3) is 2.89. The van der Waals surface area contributed by atoms with Crippen LogP contribution >= 0.6 is 0 Å². The second-order valence-corrected chi connectivity index (χ2v) is 4.28. The van der Waals surface area contributed by atoms with E-state index in [-0.39, 0.29) is 18.3 Å². The first-order chi connectivity index (χ1) is 7.29. The lowest BCUT2D eigenvalue weighted by atomic mass is 9.94. The smallest absolute Gasteiger partial charge is 0.170 e. The Bertz CT molecular complexity index is 197. The monoisotopic (exact) mass is 216 g/mol. The molecule has 15 heavy (non-hydrogen) atoms. The quantitative estimate of drug-likeness (QED) is 0.633. The second-order valence-electron chi connectivity index (χ2n) is 4.28. The number of piperidine rings is 1. The molecule has 0 saturated carbocycles. The second kappa shape index (κ2) is 5.23. The minimum Gasteiger partial charge on any atom is -0.391 e. The molecular formula is C10H20N2O3. The molecule has 0 amide bonds. The van der Waals surface area contributed by atoms with Crippen LogP contribution in [0.3, 0.4) is 0 Å². The summed E-state index contributed by atoms with van der Waals surface area (Å²) in [6.45, 7) is 4.37. The van der Waals surface area contributed by atoms with Gasteiger partial charge in [-0.05, 0) is 25.4 Å². The summed E-state index contributed by atoms with van der Waals surface area (Å²) in [6, 6.07) is 0. The van der Waals surface area contributed by atoms with Gasteiger partial charge in [-0.2, -0.15) is 0 Å². The van der Waals surface area contributed by atoms with Gasteiger partial charge in [0.15, 0.2) is 6.29 Å². The Labute approximate surface area is 90.1 Å². The van der Waals surface area contributed by atoms with E-state index in [0.29, 0.717) is 26.3 Å². The van der Waals surface area contributed by atoms with Crippen LogP contribution in [0, 0.1) is 5.92 Å². The lowest BCUT2D eigenvalue weighted by Crippen LogP contribution is -2.48. The van der Waals surface area contributed by atoms with Crippen LogP contribution in [0.15, 0.2) is 0 Å². The molecule has 0 aliphatic carbocycles. The predicted molar refractivity (Wildman–Crippen MR) is 55.3 cm³/mol. The summed E-state index contributed by atoms with van der Waals surface area (Å²) >= 11 is 0. The van der Waals surface area contributed by atoms with Crippen molar-refractivity contribution in [3.8, 4) is 0 Å². The molecule has 2 rings (SSSR count). The maximum absolute atomic E-state index is 9.81. The number of hydrogen-bond donors (Lipinski definition) is 2. The van der Waals surface area contributed by atoms with Crippen LogP contribution < -0.4 is 5.73 Å². The average molecular weight is 216 g/mol. The van der Waals surface area contributed by atoms with Crippen molar-refractivity contribution < 1.29 is 14.6 Å². The van der Waals surface area contributed by atoms with E-state index in [1.165, 1.54) is 0 Å². The van der Waals surface area contributed by atoms with Gasteiger partial charge in [0.25, 0.3) is 0 Å². The number of ether oxygens (including phenoxy) is 2. The van der Waals surface area contributed by atoms with Crippen molar-refractivity contribution >= 4 is 0 Å². The summed E-state index contributed by atoms with van der Waals surface area (Å²) in [5.74, 6) is 0.256. The van der Waals surface area contributed by atoms with Crippen molar-refractivity contribution in [1.82, 2.24) is 4.90 Å².